The lowest BCUT2D eigenvalue weighted by atomic mass is 9.74. The lowest BCUT2D eigenvalue weighted by Crippen LogP contribution is -2.41. The second kappa shape index (κ2) is 9.34. The number of ketones is 1. The van der Waals surface area contributed by atoms with Gasteiger partial charge < -0.3 is 9.15 Å². The molecule has 1 aliphatic carbocycles. The van der Waals surface area contributed by atoms with E-state index in [-0.39, 0.29) is 29.9 Å². The molecule has 36 heavy (non-hydrogen) atoms. The molecule has 2 unspecified atom stereocenters. The van der Waals surface area contributed by atoms with Crippen LogP contribution in [0.1, 0.15) is 42.4 Å². The molecule has 0 fully saturated rings. The maximum Gasteiger partial charge on any atom is 0.232 e. The number of furan rings is 1. The van der Waals surface area contributed by atoms with Crippen LogP contribution in [0, 0.1) is 0 Å². The van der Waals surface area contributed by atoms with Crippen molar-refractivity contribution in [3.63, 3.8) is 0 Å². The molecule has 1 aromatic heterocycles. The van der Waals surface area contributed by atoms with Crippen molar-refractivity contribution in [2.24, 2.45) is 0 Å². The second-order valence-electron chi connectivity index (χ2n) is 9.21. The Balaban J connectivity index is 1.39. The average Bonchev–Trinajstić information content (AvgIpc) is 3.45. The van der Waals surface area contributed by atoms with Crippen molar-refractivity contribution < 1.29 is 18.7 Å². The number of anilines is 1. The average molecular weight is 476 g/mol. The molecule has 5 heteroatoms. The van der Waals surface area contributed by atoms with Crippen molar-refractivity contribution >= 4 is 17.4 Å². The summed E-state index contributed by atoms with van der Waals surface area (Å²) in [5, 5.41) is 0. The fourth-order valence-corrected chi connectivity index (χ4v) is 5.32. The summed E-state index contributed by atoms with van der Waals surface area (Å²) in [6.07, 6.45) is 2.82. The highest BCUT2D eigenvalue weighted by Gasteiger charge is 2.43. The van der Waals surface area contributed by atoms with Gasteiger partial charge in [0.2, 0.25) is 5.91 Å². The smallest absolute Gasteiger partial charge is 0.232 e. The molecule has 0 saturated carbocycles. The minimum atomic E-state index is -0.358. The summed E-state index contributed by atoms with van der Waals surface area (Å²) >= 11 is 0. The van der Waals surface area contributed by atoms with Crippen LogP contribution in [0.4, 0.5) is 5.69 Å². The molecular weight excluding hydrogens is 450 g/mol. The summed E-state index contributed by atoms with van der Waals surface area (Å²) in [6.45, 7) is 0. The number of allylic oxidation sites excluding steroid dienone is 2. The zero-order valence-electron chi connectivity index (χ0n) is 19.7. The van der Waals surface area contributed by atoms with Gasteiger partial charge in [-0.05, 0) is 66.4 Å². The molecule has 2 atom stereocenters. The summed E-state index contributed by atoms with van der Waals surface area (Å²) in [5.74, 6) is 1.77. The van der Waals surface area contributed by atoms with E-state index in [0.717, 1.165) is 22.7 Å². The van der Waals surface area contributed by atoms with Gasteiger partial charge in [-0.25, -0.2) is 0 Å². The van der Waals surface area contributed by atoms with E-state index in [1.165, 1.54) is 0 Å². The van der Waals surface area contributed by atoms with Crippen LogP contribution in [-0.2, 0) is 9.59 Å². The predicted molar refractivity (Wildman–Crippen MR) is 137 cm³/mol. The number of carbonyl (C=O) groups excluding carboxylic acids is 2. The van der Waals surface area contributed by atoms with Crippen molar-refractivity contribution in [2.45, 2.75) is 31.1 Å². The van der Waals surface area contributed by atoms with Crippen LogP contribution in [0.3, 0.4) is 0 Å². The summed E-state index contributed by atoms with van der Waals surface area (Å²) < 4.78 is 11.6. The summed E-state index contributed by atoms with van der Waals surface area (Å²) in [7, 11) is 0. The van der Waals surface area contributed by atoms with Crippen LogP contribution in [-0.4, -0.2) is 11.7 Å². The SMILES string of the molecule is O=C1CC(c2ccccc2)CC2=C1C(c1ccco1)CC(=O)N2c1ccc(Oc2ccccc2)cc1. The highest BCUT2D eigenvalue weighted by atomic mass is 16.5. The van der Waals surface area contributed by atoms with E-state index in [0.29, 0.717) is 29.9 Å². The lowest BCUT2D eigenvalue weighted by Gasteiger charge is -2.40. The molecule has 1 amide bonds. The van der Waals surface area contributed by atoms with E-state index in [1.54, 1.807) is 17.2 Å². The van der Waals surface area contributed by atoms with Crippen LogP contribution in [0.5, 0.6) is 11.5 Å². The van der Waals surface area contributed by atoms with Gasteiger partial charge in [-0.2, -0.15) is 0 Å². The van der Waals surface area contributed by atoms with Crippen LogP contribution >= 0.6 is 0 Å². The Kier molecular flexibility index (Phi) is 5.74. The first-order chi connectivity index (χ1) is 17.7. The molecule has 4 aromatic rings. The quantitative estimate of drug-likeness (QED) is 0.312. The molecule has 178 valence electrons. The van der Waals surface area contributed by atoms with Gasteiger partial charge in [0.15, 0.2) is 5.78 Å². The number of Topliss-reactive ketones (excluding diaryl/α,β-unsaturated/α-hetero) is 1. The Hall–Kier alpha value is -4.38. The Morgan fingerprint density at radius 2 is 1.42 bits per heavy atom. The van der Waals surface area contributed by atoms with Gasteiger partial charge in [-0.1, -0.05) is 48.5 Å². The number of carbonyl (C=O) groups is 2. The Labute approximate surface area is 209 Å². The molecule has 2 heterocycles. The van der Waals surface area contributed by atoms with Gasteiger partial charge in [-0.15, -0.1) is 0 Å². The number of ether oxygens (including phenoxy) is 1. The second-order valence-corrected chi connectivity index (χ2v) is 9.21. The van der Waals surface area contributed by atoms with E-state index in [4.69, 9.17) is 9.15 Å². The van der Waals surface area contributed by atoms with Gasteiger partial charge in [0.05, 0.1) is 12.2 Å². The van der Waals surface area contributed by atoms with Crippen LogP contribution < -0.4 is 9.64 Å². The molecule has 0 radical (unpaired) electrons. The van der Waals surface area contributed by atoms with Gasteiger partial charge in [0.25, 0.3) is 0 Å². The first kappa shape index (κ1) is 22.1. The number of hydrogen-bond donors (Lipinski definition) is 0. The fourth-order valence-electron chi connectivity index (χ4n) is 5.32. The van der Waals surface area contributed by atoms with Crippen LogP contribution in [0.2, 0.25) is 0 Å². The Morgan fingerprint density at radius 3 is 2.11 bits per heavy atom. The molecule has 1 aliphatic heterocycles. The molecule has 0 bridgehead atoms. The van der Waals surface area contributed by atoms with E-state index < -0.39 is 0 Å². The molecule has 0 N–H and O–H groups in total. The topological polar surface area (TPSA) is 59.8 Å². The fraction of sp³-hybridized carbons (Fsp3) is 0.161. The monoisotopic (exact) mass is 475 g/mol. The number of benzene rings is 3. The zero-order valence-corrected chi connectivity index (χ0v) is 19.7. The van der Waals surface area contributed by atoms with Crippen LogP contribution in [0.25, 0.3) is 0 Å². The standard InChI is InChI=1S/C31H25NO4/c33-28-19-22(21-8-3-1-4-9-21)18-27-31(28)26(29-12-7-17-35-29)20-30(34)32(27)23-13-15-25(16-14-23)36-24-10-5-2-6-11-24/h1-17,22,26H,18-20H2. The lowest BCUT2D eigenvalue weighted by molar-refractivity contribution is -0.120. The number of hydrogen-bond acceptors (Lipinski definition) is 4. The largest absolute Gasteiger partial charge is 0.469 e. The van der Waals surface area contributed by atoms with Crippen molar-refractivity contribution in [1.29, 1.82) is 0 Å². The predicted octanol–water partition coefficient (Wildman–Crippen LogP) is 6.99. The minimum absolute atomic E-state index is 0.0174. The molecular formula is C31H25NO4. The van der Waals surface area contributed by atoms with Gasteiger partial charge in [0, 0.05) is 29.8 Å². The number of para-hydroxylation sites is 1. The van der Waals surface area contributed by atoms with Crippen molar-refractivity contribution in [2.75, 3.05) is 4.90 Å². The first-order valence-electron chi connectivity index (χ1n) is 12.2. The third-order valence-electron chi connectivity index (χ3n) is 6.96. The van der Waals surface area contributed by atoms with Gasteiger partial charge in [0.1, 0.15) is 17.3 Å². The molecule has 6 rings (SSSR count). The first-order valence-corrected chi connectivity index (χ1v) is 12.2. The normalized spacial score (nSPS) is 19.8. The van der Waals surface area contributed by atoms with E-state index in [1.807, 2.05) is 78.9 Å². The molecule has 2 aliphatic rings. The summed E-state index contributed by atoms with van der Waals surface area (Å²) in [4.78, 5) is 28.9. The summed E-state index contributed by atoms with van der Waals surface area (Å²) in [5.41, 5.74) is 3.31. The summed E-state index contributed by atoms with van der Waals surface area (Å²) in [6, 6.07) is 30.8. The number of nitrogens with zero attached hydrogens (tertiary/aromatic N) is 1. The van der Waals surface area contributed by atoms with E-state index >= 15 is 0 Å². The molecule has 5 nitrogen and oxygen atoms in total. The molecule has 0 spiro atoms. The maximum absolute atomic E-state index is 13.6. The highest BCUT2D eigenvalue weighted by Crippen LogP contribution is 2.47. The Morgan fingerprint density at radius 1 is 0.722 bits per heavy atom. The molecule has 0 saturated heterocycles. The third kappa shape index (κ3) is 4.13. The minimum Gasteiger partial charge on any atom is -0.469 e. The number of rotatable bonds is 5. The maximum atomic E-state index is 13.6. The highest BCUT2D eigenvalue weighted by molar-refractivity contribution is 6.07. The third-order valence-corrected chi connectivity index (χ3v) is 6.96. The van der Waals surface area contributed by atoms with Gasteiger partial charge in [-0.3, -0.25) is 14.5 Å². The van der Waals surface area contributed by atoms with E-state index in [9.17, 15) is 9.59 Å². The van der Waals surface area contributed by atoms with E-state index in [2.05, 4.69) is 12.1 Å². The van der Waals surface area contributed by atoms with Crippen molar-refractivity contribution in [3.05, 3.63) is 126 Å². The van der Waals surface area contributed by atoms with Crippen LogP contribution in [0.15, 0.2) is 119 Å². The number of amides is 1. The van der Waals surface area contributed by atoms with Crippen molar-refractivity contribution in [1.82, 2.24) is 0 Å². The zero-order chi connectivity index (χ0) is 24.5. The Bertz CT molecular complexity index is 1410. The van der Waals surface area contributed by atoms with Gasteiger partial charge >= 0.3 is 0 Å². The molecule has 3 aromatic carbocycles. The van der Waals surface area contributed by atoms with Crippen molar-refractivity contribution in [3.8, 4) is 11.5 Å².